The minimum Gasteiger partial charge on any atom is -0.337 e. The van der Waals surface area contributed by atoms with Gasteiger partial charge in [0, 0.05) is 13.1 Å². The van der Waals surface area contributed by atoms with E-state index in [9.17, 15) is 4.79 Å². The van der Waals surface area contributed by atoms with Crippen LogP contribution in [0.2, 0.25) is 0 Å². The quantitative estimate of drug-likeness (QED) is 0.479. The Balaban J connectivity index is 2.10. The van der Waals surface area contributed by atoms with Gasteiger partial charge in [0.25, 0.3) is 0 Å². The van der Waals surface area contributed by atoms with Crippen LogP contribution in [0.1, 0.15) is 30.4 Å². The standard InChI is InChI=1S/C14H20N4O/c15-13-6-1-2-7-18(14(13)19)10-12-5-3-4-11(8-12)9-17-16/h3-5,8-9,13H,1-2,6-7,10,15-16H2/t13-/m0/s1. The number of rotatable bonds is 3. The summed E-state index contributed by atoms with van der Waals surface area (Å²) in [5.41, 5.74) is 7.88. The first-order valence-corrected chi connectivity index (χ1v) is 6.57. The number of nitrogens with zero attached hydrogens (tertiary/aromatic N) is 2. The fourth-order valence-corrected chi connectivity index (χ4v) is 2.37. The van der Waals surface area contributed by atoms with Crippen LogP contribution < -0.4 is 11.6 Å². The summed E-state index contributed by atoms with van der Waals surface area (Å²) in [5.74, 6) is 5.20. The van der Waals surface area contributed by atoms with Crippen molar-refractivity contribution >= 4 is 12.1 Å². The summed E-state index contributed by atoms with van der Waals surface area (Å²) in [6.07, 6.45) is 4.42. The van der Waals surface area contributed by atoms with Gasteiger partial charge >= 0.3 is 0 Å². The van der Waals surface area contributed by atoms with E-state index in [2.05, 4.69) is 5.10 Å². The van der Waals surface area contributed by atoms with Crippen LogP contribution >= 0.6 is 0 Å². The van der Waals surface area contributed by atoms with E-state index >= 15 is 0 Å². The van der Waals surface area contributed by atoms with Gasteiger partial charge in [-0.05, 0) is 36.5 Å². The number of hydrogen-bond donors (Lipinski definition) is 2. The predicted octanol–water partition coefficient (Wildman–Crippen LogP) is 0.819. The summed E-state index contributed by atoms with van der Waals surface area (Å²) in [6, 6.07) is 7.50. The predicted molar refractivity (Wildman–Crippen MR) is 75.5 cm³/mol. The normalized spacial score (nSPS) is 20.8. The SMILES string of the molecule is NN=Cc1cccc(CN2CCCC[C@H](N)C2=O)c1. The first kappa shape index (κ1) is 13.5. The Kier molecular flexibility index (Phi) is 4.52. The Morgan fingerprint density at radius 1 is 1.42 bits per heavy atom. The van der Waals surface area contributed by atoms with Crippen molar-refractivity contribution in [2.24, 2.45) is 16.7 Å². The van der Waals surface area contributed by atoms with E-state index < -0.39 is 0 Å². The molecule has 0 radical (unpaired) electrons. The molecule has 5 nitrogen and oxygen atoms in total. The molecule has 1 aliphatic rings. The van der Waals surface area contributed by atoms with Gasteiger partial charge in [-0.15, -0.1) is 0 Å². The third-order valence-corrected chi connectivity index (χ3v) is 3.37. The van der Waals surface area contributed by atoms with Crippen LogP contribution in [0, 0.1) is 0 Å². The van der Waals surface area contributed by atoms with Crippen molar-refractivity contribution in [3.05, 3.63) is 35.4 Å². The van der Waals surface area contributed by atoms with Gasteiger partial charge in [-0.2, -0.15) is 5.10 Å². The lowest BCUT2D eigenvalue weighted by atomic mass is 10.1. The fourth-order valence-electron chi connectivity index (χ4n) is 2.37. The first-order valence-electron chi connectivity index (χ1n) is 6.57. The van der Waals surface area contributed by atoms with E-state index in [-0.39, 0.29) is 11.9 Å². The van der Waals surface area contributed by atoms with Gasteiger partial charge in [0.15, 0.2) is 0 Å². The highest BCUT2D eigenvalue weighted by atomic mass is 16.2. The van der Waals surface area contributed by atoms with Crippen molar-refractivity contribution in [1.29, 1.82) is 0 Å². The number of benzene rings is 1. The van der Waals surface area contributed by atoms with Gasteiger partial charge in [0.05, 0.1) is 12.3 Å². The minimum atomic E-state index is -0.351. The van der Waals surface area contributed by atoms with E-state index in [4.69, 9.17) is 11.6 Å². The largest absolute Gasteiger partial charge is 0.337 e. The van der Waals surface area contributed by atoms with Gasteiger partial charge < -0.3 is 16.5 Å². The fraction of sp³-hybridized carbons (Fsp3) is 0.429. The Bertz CT molecular complexity index is 472. The number of carbonyl (C=O) groups excluding carboxylic acids is 1. The molecule has 1 amide bonds. The highest BCUT2D eigenvalue weighted by Crippen LogP contribution is 2.14. The third kappa shape index (κ3) is 3.54. The number of likely N-dealkylation sites (tertiary alicyclic amines) is 1. The molecule has 5 heteroatoms. The molecule has 1 heterocycles. The van der Waals surface area contributed by atoms with Crippen molar-refractivity contribution in [1.82, 2.24) is 4.90 Å². The summed E-state index contributed by atoms with van der Waals surface area (Å²) in [4.78, 5) is 14.0. The number of hydrazone groups is 1. The van der Waals surface area contributed by atoms with Gasteiger partial charge in [0.1, 0.15) is 0 Å². The van der Waals surface area contributed by atoms with Crippen LogP contribution in [0.4, 0.5) is 0 Å². The highest BCUT2D eigenvalue weighted by molar-refractivity contribution is 5.82. The van der Waals surface area contributed by atoms with E-state index in [1.54, 1.807) is 6.21 Å². The zero-order valence-electron chi connectivity index (χ0n) is 11.0. The van der Waals surface area contributed by atoms with Gasteiger partial charge in [-0.1, -0.05) is 18.2 Å². The third-order valence-electron chi connectivity index (χ3n) is 3.37. The van der Waals surface area contributed by atoms with Crippen LogP contribution in [0.3, 0.4) is 0 Å². The molecule has 4 N–H and O–H groups in total. The van der Waals surface area contributed by atoms with Crippen LogP contribution in [-0.2, 0) is 11.3 Å². The molecule has 0 saturated carbocycles. The van der Waals surface area contributed by atoms with Crippen LogP contribution in [0.5, 0.6) is 0 Å². The minimum absolute atomic E-state index is 0.0513. The average molecular weight is 260 g/mol. The molecule has 19 heavy (non-hydrogen) atoms. The lowest BCUT2D eigenvalue weighted by Gasteiger charge is -2.22. The summed E-state index contributed by atoms with van der Waals surface area (Å²) in [7, 11) is 0. The Morgan fingerprint density at radius 2 is 2.26 bits per heavy atom. The Morgan fingerprint density at radius 3 is 3.05 bits per heavy atom. The van der Waals surface area contributed by atoms with Gasteiger partial charge in [-0.3, -0.25) is 4.79 Å². The van der Waals surface area contributed by atoms with Crippen LogP contribution in [-0.4, -0.2) is 29.6 Å². The van der Waals surface area contributed by atoms with Crippen molar-refractivity contribution in [3.8, 4) is 0 Å². The Hall–Kier alpha value is -1.88. The number of amides is 1. The molecule has 0 aromatic heterocycles. The summed E-state index contributed by atoms with van der Waals surface area (Å²) in [6.45, 7) is 1.38. The molecule has 0 aliphatic carbocycles. The van der Waals surface area contributed by atoms with Gasteiger partial charge in [0.2, 0.25) is 5.91 Å². The van der Waals surface area contributed by atoms with Gasteiger partial charge in [-0.25, -0.2) is 0 Å². The second-order valence-corrected chi connectivity index (χ2v) is 4.89. The van der Waals surface area contributed by atoms with Crippen LogP contribution in [0.15, 0.2) is 29.4 Å². The monoisotopic (exact) mass is 260 g/mol. The number of hydrogen-bond acceptors (Lipinski definition) is 4. The van der Waals surface area contributed by atoms with Crippen molar-refractivity contribution < 1.29 is 4.79 Å². The average Bonchev–Trinajstić information content (AvgIpc) is 2.55. The molecule has 1 aromatic rings. The molecule has 1 aromatic carbocycles. The van der Waals surface area contributed by atoms with Crippen molar-refractivity contribution in [2.75, 3.05) is 6.54 Å². The first-order chi connectivity index (χ1) is 9.20. The van der Waals surface area contributed by atoms with E-state index in [0.29, 0.717) is 6.54 Å². The Labute approximate surface area is 113 Å². The maximum absolute atomic E-state index is 12.1. The zero-order valence-corrected chi connectivity index (χ0v) is 11.0. The molecular weight excluding hydrogens is 240 g/mol. The molecule has 0 spiro atoms. The molecule has 0 unspecified atom stereocenters. The van der Waals surface area contributed by atoms with Crippen molar-refractivity contribution in [3.63, 3.8) is 0 Å². The zero-order chi connectivity index (χ0) is 13.7. The molecule has 2 rings (SSSR count). The lowest BCUT2D eigenvalue weighted by molar-refractivity contribution is -0.132. The molecule has 0 bridgehead atoms. The second-order valence-electron chi connectivity index (χ2n) is 4.89. The van der Waals surface area contributed by atoms with E-state index in [1.807, 2.05) is 29.2 Å². The second kappa shape index (κ2) is 6.33. The summed E-state index contributed by atoms with van der Waals surface area (Å²) < 4.78 is 0. The highest BCUT2D eigenvalue weighted by Gasteiger charge is 2.23. The molecular formula is C14H20N4O. The molecule has 1 aliphatic heterocycles. The summed E-state index contributed by atoms with van der Waals surface area (Å²) in [5, 5.41) is 3.51. The van der Waals surface area contributed by atoms with Crippen LogP contribution in [0.25, 0.3) is 0 Å². The van der Waals surface area contributed by atoms with Crippen molar-refractivity contribution in [2.45, 2.75) is 31.8 Å². The smallest absolute Gasteiger partial charge is 0.239 e. The molecule has 1 saturated heterocycles. The van der Waals surface area contributed by atoms with E-state index in [0.717, 1.165) is 36.9 Å². The molecule has 102 valence electrons. The van der Waals surface area contributed by atoms with E-state index in [1.165, 1.54) is 0 Å². The maximum atomic E-state index is 12.1. The topological polar surface area (TPSA) is 84.7 Å². The maximum Gasteiger partial charge on any atom is 0.239 e. The summed E-state index contributed by atoms with van der Waals surface area (Å²) >= 11 is 0. The number of carbonyl (C=O) groups is 1. The molecule has 1 fully saturated rings. The molecule has 1 atom stereocenters. The lowest BCUT2D eigenvalue weighted by Crippen LogP contribution is -2.41. The number of nitrogens with two attached hydrogens (primary N) is 2.